The predicted molar refractivity (Wildman–Crippen MR) is 70.5 cm³/mol. The van der Waals surface area contributed by atoms with Gasteiger partial charge in [-0.05, 0) is 56.5 Å². The van der Waals surface area contributed by atoms with E-state index in [1.807, 2.05) is 19.1 Å². The van der Waals surface area contributed by atoms with Crippen molar-refractivity contribution >= 4 is 55.1 Å². The number of alkyl halides is 1. The quantitative estimate of drug-likeness (QED) is 0.813. The summed E-state index contributed by atoms with van der Waals surface area (Å²) in [6.07, 6.45) is 0.314. The topological polar surface area (TPSA) is 29.1 Å². The number of aryl methyl sites for hydroxylation is 1. The van der Waals surface area contributed by atoms with Gasteiger partial charge in [0.1, 0.15) is 0 Å². The molecule has 0 aliphatic rings. The third-order valence-corrected chi connectivity index (χ3v) is 3.21. The van der Waals surface area contributed by atoms with Crippen LogP contribution < -0.4 is 5.32 Å². The molecule has 1 rings (SSSR count). The second kappa shape index (κ2) is 5.87. The minimum absolute atomic E-state index is 0.0877. The van der Waals surface area contributed by atoms with Gasteiger partial charge in [-0.15, -0.1) is 11.6 Å². The first-order chi connectivity index (χ1) is 7.04. The summed E-state index contributed by atoms with van der Waals surface area (Å²) >= 11 is 12.3. The molecule has 0 heterocycles. The molecule has 15 heavy (non-hydrogen) atoms. The van der Waals surface area contributed by atoms with Gasteiger partial charge in [0.25, 0.3) is 0 Å². The van der Waals surface area contributed by atoms with E-state index in [4.69, 9.17) is 11.6 Å². The largest absolute Gasteiger partial charge is 0.324 e. The highest BCUT2D eigenvalue weighted by atomic mass is 79.9. The normalized spacial score (nSPS) is 10.1. The lowest BCUT2D eigenvalue weighted by Crippen LogP contribution is -2.12. The fourth-order valence-corrected chi connectivity index (χ4v) is 2.89. The summed E-state index contributed by atoms with van der Waals surface area (Å²) in [6.45, 7) is 1.99. The zero-order valence-corrected chi connectivity index (χ0v) is 12.0. The number of hydrogen-bond donors (Lipinski definition) is 1. The van der Waals surface area contributed by atoms with Crippen LogP contribution in [0.15, 0.2) is 21.1 Å². The Bertz CT molecular complexity index is 359. The van der Waals surface area contributed by atoms with Crippen LogP contribution in [0.1, 0.15) is 12.0 Å². The first-order valence-corrected chi connectivity index (χ1v) is 6.48. The Hall–Kier alpha value is -0.0600. The maximum absolute atomic E-state index is 11.4. The lowest BCUT2D eigenvalue weighted by Gasteiger charge is -2.10. The van der Waals surface area contributed by atoms with Gasteiger partial charge in [-0.25, -0.2) is 0 Å². The molecule has 5 heteroatoms. The molecule has 0 aromatic heterocycles. The zero-order valence-electron chi connectivity index (χ0n) is 8.11. The number of carbonyl (C=O) groups excluding carboxylic acids is 1. The number of rotatable bonds is 3. The molecule has 82 valence electrons. The monoisotopic (exact) mass is 353 g/mol. The number of amides is 1. The van der Waals surface area contributed by atoms with Crippen molar-refractivity contribution < 1.29 is 4.79 Å². The van der Waals surface area contributed by atoms with Crippen molar-refractivity contribution in [2.75, 3.05) is 11.2 Å². The summed E-state index contributed by atoms with van der Waals surface area (Å²) in [5.74, 6) is 0.239. The minimum Gasteiger partial charge on any atom is -0.324 e. The maximum atomic E-state index is 11.4. The van der Waals surface area contributed by atoms with Crippen molar-refractivity contribution in [2.45, 2.75) is 13.3 Å². The highest BCUT2D eigenvalue weighted by Crippen LogP contribution is 2.32. The van der Waals surface area contributed by atoms with Crippen LogP contribution in [0, 0.1) is 6.92 Å². The molecule has 0 saturated heterocycles. The maximum Gasteiger partial charge on any atom is 0.225 e. The van der Waals surface area contributed by atoms with Gasteiger partial charge >= 0.3 is 0 Å². The SMILES string of the molecule is Cc1cc(Br)c(NC(=O)CCCl)c(Br)c1. The molecule has 0 fully saturated rings. The Morgan fingerprint density at radius 1 is 1.40 bits per heavy atom. The number of halogens is 3. The van der Waals surface area contributed by atoms with Crippen LogP contribution in [0.5, 0.6) is 0 Å². The molecule has 1 aromatic rings. The van der Waals surface area contributed by atoms with Crippen LogP contribution in [-0.4, -0.2) is 11.8 Å². The van der Waals surface area contributed by atoms with Crippen LogP contribution in [0.2, 0.25) is 0 Å². The average Bonchev–Trinajstić information content (AvgIpc) is 2.11. The predicted octanol–water partition coefficient (Wildman–Crippen LogP) is 4.09. The second-order valence-electron chi connectivity index (χ2n) is 3.09. The number of carbonyl (C=O) groups is 1. The molecule has 1 aromatic carbocycles. The molecular weight excluding hydrogens is 345 g/mol. The fourth-order valence-electron chi connectivity index (χ4n) is 1.11. The van der Waals surface area contributed by atoms with Gasteiger partial charge < -0.3 is 5.32 Å². The summed E-state index contributed by atoms with van der Waals surface area (Å²) in [5.41, 5.74) is 1.86. The van der Waals surface area contributed by atoms with Crippen molar-refractivity contribution in [3.8, 4) is 0 Å². The lowest BCUT2D eigenvalue weighted by molar-refractivity contribution is -0.115. The van der Waals surface area contributed by atoms with Gasteiger partial charge in [0, 0.05) is 21.2 Å². The van der Waals surface area contributed by atoms with Crippen LogP contribution in [-0.2, 0) is 4.79 Å². The van der Waals surface area contributed by atoms with Gasteiger partial charge in [-0.3, -0.25) is 4.79 Å². The summed E-state index contributed by atoms with van der Waals surface area (Å²) < 4.78 is 1.72. The highest BCUT2D eigenvalue weighted by molar-refractivity contribution is 9.11. The van der Waals surface area contributed by atoms with E-state index in [9.17, 15) is 4.79 Å². The lowest BCUT2D eigenvalue weighted by atomic mass is 10.2. The summed E-state index contributed by atoms with van der Waals surface area (Å²) in [4.78, 5) is 11.4. The first kappa shape index (κ1) is 13.0. The molecule has 0 aliphatic heterocycles. The van der Waals surface area contributed by atoms with Crippen LogP contribution in [0.4, 0.5) is 5.69 Å². The van der Waals surface area contributed by atoms with E-state index in [0.717, 1.165) is 20.2 Å². The van der Waals surface area contributed by atoms with E-state index in [1.54, 1.807) is 0 Å². The van der Waals surface area contributed by atoms with Crippen LogP contribution in [0.3, 0.4) is 0 Å². The fraction of sp³-hybridized carbons (Fsp3) is 0.300. The number of benzene rings is 1. The molecule has 0 saturated carbocycles. The zero-order chi connectivity index (χ0) is 11.4. The number of anilines is 1. The Kier molecular flexibility index (Phi) is 5.09. The van der Waals surface area contributed by atoms with Crippen molar-refractivity contribution in [1.82, 2.24) is 0 Å². The van der Waals surface area contributed by atoms with Crippen LogP contribution >= 0.6 is 43.5 Å². The van der Waals surface area contributed by atoms with Gasteiger partial charge in [0.15, 0.2) is 0 Å². The van der Waals surface area contributed by atoms with Crippen molar-refractivity contribution in [3.63, 3.8) is 0 Å². The first-order valence-electron chi connectivity index (χ1n) is 4.36. The Morgan fingerprint density at radius 3 is 2.40 bits per heavy atom. The van der Waals surface area contributed by atoms with Crippen molar-refractivity contribution in [2.24, 2.45) is 0 Å². The standard InChI is InChI=1S/C10H10Br2ClNO/c1-6-4-7(11)10(8(12)5-6)14-9(15)2-3-13/h4-5H,2-3H2,1H3,(H,14,15). The molecule has 2 nitrogen and oxygen atoms in total. The van der Waals surface area contributed by atoms with E-state index in [1.165, 1.54) is 0 Å². The van der Waals surface area contributed by atoms with Gasteiger partial charge in [0.2, 0.25) is 5.91 Å². The molecule has 1 N–H and O–H groups in total. The third-order valence-electron chi connectivity index (χ3n) is 1.77. The Labute approximate surface area is 111 Å². The van der Waals surface area contributed by atoms with Crippen molar-refractivity contribution in [3.05, 3.63) is 26.6 Å². The van der Waals surface area contributed by atoms with Crippen molar-refractivity contribution in [1.29, 1.82) is 0 Å². The van der Waals surface area contributed by atoms with Gasteiger partial charge in [0.05, 0.1) is 5.69 Å². The van der Waals surface area contributed by atoms with E-state index in [-0.39, 0.29) is 5.91 Å². The molecular formula is C10H10Br2ClNO. The molecule has 0 bridgehead atoms. The smallest absolute Gasteiger partial charge is 0.225 e. The average molecular weight is 355 g/mol. The molecule has 0 radical (unpaired) electrons. The second-order valence-corrected chi connectivity index (χ2v) is 5.18. The number of hydrogen-bond acceptors (Lipinski definition) is 1. The third kappa shape index (κ3) is 3.78. The summed E-state index contributed by atoms with van der Waals surface area (Å²) in [7, 11) is 0. The molecule has 0 unspecified atom stereocenters. The number of nitrogens with one attached hydrogen (secondary N) is 1. The highest BCUT2D eigenvalue weighted by Gasteiger charge is 2.09. The van der Waals surface area contributed by atoms with Crippen LogP contribution in [0.25, 0.3) is 0 Å². The Morgan fingerprint density at radius 2 is 1.93 bits per heavy atom. The molecule has 0 aliphatic carbocycles. The molecule has 1 amide bonds. The molecule has 0 spiro atoms. The van der Waals surface area contributed by atoms with Gasteiger partial charge in [-0.1, -0.05) is 0 Å². The summed E-state index contributed by atoms with van der Waals surface area (Å²) in [6, 6.07) is 3.89. The van der Waals surface area contributed by atoms with E-state index in [0.29, 0.717) is 12.3 Å². The van der Waals surface area contributed by atoms with E-state index >= 15 is 0 Å². The Balaban J connectivity index is 2.90. The van der Waals surface area contributed by atoms with E-state index in [2.05, 4.69) is 37.2 Å². The minimum atomic E-state index is -0.0877. The van der Waals surface area contributed by atoms with E-state index < -0.39 is 0 Å². The molecule has 0 atom stereocenters. The van der Waals surface area contributed by atoms with Gasteiger partial charge in [-0.2, -0.15) is 0 Å². The summed E-state index contributed by atoms with van der Waals surface area (Å²) in [5, 5.41) is 2.79.